The molecule has 0 heterocycles. The van der Waals surface area contributed by atoms with Crippen LogP contribution in [0.1, 0.15) is 25.3 Å². The van der Waals surface area contributed by atoms with Crippen LogP contribution < -0.4 is 5.32 Å². The van der Waals surface area contributed by atoms with Crippen LogP contribution in [0, 0.1) is 5.82 Å². The first-order chi connectivity index (χ1) is 9.58. The lowest BCUT2D eigenvalue weighted by Crippen LogP contribution is -2.49. The number of nitrogens with one attached hydrogen (secondary N) is 1. The Morgan fingerprint density at radius 3 is 2.80 bits per heavy atom. The van der Waals surface area contributed by atoms with Gasteiger partial charge in [-0.25, -0.2) is 9.18 Å². The van der Waals surface area contributed by atoms with Crippen LogP contribution in [-0.4, -0.2) is 24.2 Å². The molecule has 1 aromatic carbocycles. The van der Waals surface area contributed by atoms with E-state index in [1.807, 2.05) is 0 Å². The molecule has 1 aromatic rings. The zero-order chi connectivity index (χ0) is 15.0. The van der Waals surface area contributed by atoms with E-state index in [9.17, 15) is 14.3 Å². The van der Waals surface area contributed by atoms with E-state index in [0.717, 1.165) is 0 Å². The number of aliphatic carboxylic acids is 1. The second-order valence-corrected chi connectivity index (χ2v) is 4.28. The summed E-state index contributed by atoms with van der Waals surface area (Å²) in [6, 6.07) is 5.83. The summed E-state index contributed by atoms with van der Waals surface area (Å²) in [6.07, 6.45) is 0.679. The van der Waals surface area contributed by atoms with Gasteiger partial charge in [0.15, 0.2) is 0 Å². The quantitative estimate of drug-likeness (QED) is 0.331. The predicted molar refractivity (Wildman–Crippen MR) is 72.6 cm³/mol. The van der Waals surface area contributed by atoms with E-state index in [2.05, 4.69) is 15.3 Å². The number of halogens is 1. The number of carbonyl (C=O) groups is 1. The van der Waals surface area contributed by atoms with Crippen molar-refractivity contribution in [3.8, 4) is 0 Å². The fourth-order valence-corrected chi connectivity index (χ4v) is 2.06. The Bertz CT molecular complexity index is 517. The average Bonchev–Trinajstić information content (AvgIpc) is 2.44. The van der Waals surface area contributed by atoms with E-state index in [1.54, 1.807) is 13.0 Å². The predicted octanol–water partition coefficient (Wildman–Crippen LogP) is 2.81. The SMILES string of the molecule is CCC(NCCCN=[N+]=[N-])(C(=O)O)c1ccccc1F. The minimum atomic E-state index is -1.47. The van der Waals surface area contributed by atoms with Gasteiger partial charge in [0, 0.05) is 17.0 Å². The third-order valence-corrected chi connectivity index (χ3v) is 3.15. The molecule has 0 fully saturated rings. The Morgan fingerprint density at radius 1 is 1.55 bits per heavy atom. The van der Waals surface area contributed by atoms with Gasteiger partial charge in [0.25, 0.3) is 0 Å². The number of carboxylic acid groups (broad SMARTS) is 1. The average molecular weight is 280 g/mol. The van der Waals surface area contributed by atoms with Crippen molar-refractivity contribution in [1.82, 2.24) is 5.32 Å². The summed E-state index contributed by atoms with van der Waals surface area (Å²) in [5, 5.41) is 15.7. The molecular weight excluding hydrogens is 263 g/mol. The lowest BCUT2D eigenvalue weighted by atomic mass is 9.86. The van der Waals surface area contributed by atoms with Gasteiger partial charge >= 0.3 is 5.97 Å². The monoisotopic (exact) mass is 280 g/mol. The molecule has 6 nitrogen and oxygen atoms in total. The fraction of sp³-hybridized carbons (Fsp3) is 0.462. The normalized spacial score (nSPS) is 13.3. The minimum absolute atomic E-state index is 0.110. The molecule has 1 unspecified atom stereocenters. The van der Waals surface area contributed by atoms with Crippen molar-refractivity contribution in [1.29, 1.82) is 0 Å². The van der Waals surface area contributed by atoms with Crippen molar-refractivity contribution in [2.75, 3.05) is 13.1 Å². The van der Waals surface area contributed by atoms with Gasteiger partial charge in [0.1, 0.15) is 11.4 Å². The number of carboxylic acids is 1. The number of hydrogen-bond acceptors (Lipinski definition) is 3. The van der Waals surface area contributed by atoms with Crippen molar-refractivity contribution in [3.63, 3.8) is 0 Å². The van der Waals surface area contributed by atoms with Gasteiger partial charge < -0.3 is 5.11 Å². The van der Waals surface area contributed by atoms with Crippen LogP contribution >= 0.6 is 0 Å². The van der Waals surface area contributed by atoms with Crippen LogP contribution in [0.25, 0.3) is 10.4 Å². The zero-order valence-electron chi connectivity index (χ0n) is 11.2. The van der Waals surface area contributed by atoms with Gasteiger partial charge in [0.2, 0.25) is 0 Å². The minimum Gasteiger partial charge on any atom is -0.480 e. The molecule has 0 aliphatic heterocycles. The van der Waals surface area contributed by atoms with Crippen molar-refractivity contribution in [3.05, 3.63) is 46.1 Å². The van der Waals surface area contributed by atoms with Gasteiger partial charge in [-0.2, -0.15) is 0 Å². The number of hydrogen-bond donors (Lipinski definition) is 2. The topological polar surface area (TPSA) is 98.1 Å². The first-order valence-electron chi connectivity index (χ1n) is 6.32. The highest BCUT2D eigenvalue weighted by Crippen LogP contribution is 2.27. The Balaban J connectivity index is 2.95. The maximum Gasteiger partial charge on any atom is 0.328 e. The summed E-state index contributed by atoms with van der Waals surface area (Å²) in [5.41, 5.74) is 6.81. The number of azide groups is 1. The summed E-state index contributed by atoms with van der Waals surface area (Å²) in [6.45, 7) is 2.26. The first-order valence-corrected chi connectivity index (χ1v) is 6.32. The molecule has 0 bridgehead atoms. The van der Waals surface area contributed by atoms with Gasteiger partial charge in [-0.3, -0.25) is 5.32 Å². The Labute approximate surface area is 116 Å². The lowest BCUT2D eigenvalue weighted by molar-refractivity contribution is -0.145. The zero-order valence-corrected chi connectivity index (χ0v) is 11.2. The Hall–Kier alpha value is -2.11. The molecule has 0 amide bonds. The molecule has 108 valence electrons. The van der Waals surface area contributed by atoms with E-state index in [-0.39, 0.29) is 18.5 Å². The standard InChI is InChI=1S/C13H17FN4O2/c1-2-13(12(19)20,16-8-5-9-17-18-15)10-6-3-4-7-11(10)14/h3-4,6-7,16H,2,5,8-9H2,1H3,(H,19,20). The molecule has 1 atom stereocenters. The van der Waals surface area contributed by atoms with Gasteiger partial charge in [-0.15, -0.1) is 0 Å². The van der Waals surface area contributed by atoms with Crippen LogP contribution in [0.15, 0.2) is 29.4 Å². The number of nitrogens with zero attached hydrogens (tertiary/aromatic N) is 3. The Kier molecular flexibility index (Phi) is 5.96. The Morgan fingerprint density at radius 2 is 2.25 bits per heavy atom. The highest BCUT2D eigenvalue weighted by atomic mass is 19.1. The summed E-state index contributed by atoms with van der Waals surface area (Å²) < 4.78 is 13.9. The maximum absolute atomic E-state index is 13.9. The van der Waals surface area contributed by atoms with Gasteiger partial charge in [0.05, 0.1) is 0 Å². The van der Waals surface area contributed by atoms with Crippen LogP contribution in [0.5, 0.6) is 0 Å². The maximum atomic E-state index is 13.9. The summed E-state index contributed by atoms with van der Waals surface area (Å²) in [5.74, 6) is -1.69. The van der Waals surface area contributed by atoms with E-state index in [4.69, 9.17) is 5.53 Å². The van der Waals surface area contributed by atoms with Crippen LogP contribution in [0.3, 0.4) is 0 Å². The van der Waals surface area contributed by atoms with Crippen molar-refractivity contribution >= 4 is 5.97 Å². The van der Waals surface area contributed by atoms with Crippen LogP contribution in [0.4, 0.5) is 4.39 Å². The highest BCUT2D eigenvalue weighted by molar-refractivity contribution is 5.80. The molecule has 7 heteroatoms. The van der Waals surface area contributed by atoms with E-state index >= 15 is 0 Å². The third kappa shape index (κ3) is 3.46. The van der Waals surface area contributed by atoms with E-state index in [0.29, 0.717) is 13.0 Å². The molecular formula is C13H17FN4O2. The summed E-state index contributed by atoms with van der Waals surface area (Å²) in [4.78, 5) is 14.2. The molecule has 0 spiro atoms. The largest absolute Gasteiger partial charge is 0.480 e. The van der Waals surface area contributed by atoms with E-state index in [1.165, 1.54) is 18.2 Å². The molecule has 0 saturated carbocycles. The summed E-state index contributed by atoms with van der Waals surface area (Å²) >= 11 is 0. The van der Waals surface area contributed by atoms with E-state index < -0.39 is 17.3 Å². The second-order valence-electron chi connectivity index (χ2n) is 4.28. The first kappa shape index (κ1) is 15.9. The molecule has 1 rings (SSSR count). The lowest BCUT2D eigenvalue weighted by Gasteiger charge is -2.30. The third-order valence-electron chi connectivity index (χ3n) is 3.15. The molecule has 0 aliphatic carbocycles. The van der Waals surface area contributed by atoms with Crippen molar-refractivity contribution in [2.45, 2.75) is 25.3 Å². The van der Waals surface area contributed by atoms with Gasteiger partial charge in [-0.1, -0.05) is 30.2 Å². The van der Waals surface area contributed by atoms with Crippen LogP contribution in [0.2, 0.25) is 0 Å². The molecule has 2 N–H and O–H groups in total. The van der Waals surface area contributed by atoms with Crippen molar-refractivity contribution < 1.29 is 14.3 Å². The number of benzene rings is 1. The molecule has 0 aromatic heterocycles. The molecule has 0 aliphatic rings. The summed E-state index contributed by atoms with van der Waals surface area (Å²) in [7, 11) is 0. The molecule has 0 saturated heterocycles. The van der Waals surface area contributed by atoms with Crippen molar-refractivity contribution in [2.24, 2.45) is 5.11 Å². The van der Waals surface area contributed by atoms with Crippen LogP contribution in [-0.2, 0) is 10.3 Å². The highest BCUT2D eigenvalue weighted by Gasteiger charge is 2.39. The smallest absolute Gasteiger partial charge is 0.328 e. The second kappa shape index (κ2) is 7.47. The molecule has 0 radical (unpaired) electrons. The van der Waals surface area contributed by atoms with Gasteiger partial charge in [-0.05, 0) is 31.0 Å². The fourth-order valence-electron chi connectivity index (χ4n) is 2.06. The number of rotatable bonds is 8. The molecule has 20 heavy (non-hydrogen) atoms.